The predicted molar refractivity (Wildman–Crippen MR) is 121 cm³/mol. The number of rotatable bonds is 3. The molecular weight excluding hydrogens is 475 g/mol. The molecule has 150 valence electrons. The van der Waals surface area contributed by atoms with Crippen molar-refractivity contribution in [2.75, 3.05) is 18.0 Å². The third kappa shape index (κ3) is 4.20. The number of carbonyl (C=O) groups is 1. The first-order chi connectivity index (χ1) is 13.9. The summed E-state index contributed by atoms with van der Waals surface area (Å²) in [6.07, 6.45) is 1.63. The van der Waals surface area contributed by atoms with Crippen molar-refractivity contribution in [2.24, 2.45) is 0 Å². The molecule has 0 aliphatic carbocycles. The van der Waals surface area contributed by atoms with Gasteiger partial charge in [-0.2, -0.15) is 5.10 Å². The van der Waals surface area contributed by atoms with Gasteiger partial charge in [-0.1, -0.05) is 51.3 Å². The molecule has 4 rings (SSSR count). The van der Waals surface area contributed by atoms with Crippen LogP contribution in [-0.4, -0.2) is 35.2 Å². The minimum absolute atomic E-state index is 0.0743. The van der Waals surface area contributed by atoms with Crippen LogP contribution in [-0.2, 0) is 0 Å². The van der Waals surface area contributed by atoms with Crippen molar-refractivity contribution in [2.45, 2.75) is 25.8 Å². The molecule has 0 atom stereocenters. The highest BCUT2D eigenvalue weighted by molar-refractivity contribution is 9.10. The minimum atomic E-state index is -0.194. The van der Waals surface area contributed by atoms with Crippen LogP contribution in [0.3, 0.4) is 0 Å². The molecule has 29 heavy (non-hydrogen) atoms. The van der Waals surface area contributed by atoms with Gasteiger partial charge in [0.2, 0.25) is 0 Å². The summed E-state index contributed by atoms with van der Waals surface area (Å²) in [5, 5.41) is 14.7. The summed E-state index contributed by atoms with van der Waals surface area (Å²) in [7, 11) is 0. The molecule has 8 heteroatoms. The van der Waals surface area contributed by atoms with Gasteiger partial charge in [0.25, 0.3) is 5.91 Å². The van der Waals surface area contributed by atoms with Crippen molar-refractivity contribution in [1.29, 1.82) is 0 Å². The van der Waals surface area contributed by atoms with Crippen LogP contribution >= 0.6 is 39.1 Å². The first-order valence-electron chi connectivity index (χ1n) is 9.36. The normalized spacial score (nSPS) is 15.0. The molecular formula is C21H19BrCl2N4O. The lowest BCUT2D eigenvalue weighted by molar-refractivity contribution is 0.0931. The van der Waals surface area contributed by atoms with Gasteiger partial charge >= 0.3 is 0 Å². The van der Waals surface area contributed by atoms with E-state index in [0.29, 0.717) is 10.6 Å². The maximum absolute atomic E-state index is 12.6. The number of benzene rings is 2. The quantitative estimate of drug-likeness (QED) is 0.530. The van der Waals surface area contributed by atoms with E-state index in [0.717, 1.165) is 52.7 Å². The number of carbonyl (C=O) groups excluding carboxylic acids is 1. The van der Waals surface area contributed by atoms with Gasteiger partial charge in [0.15, 0.2) is 5.82 Å². The SMILES string of the molecule is Cc1nnc(N2CCC(NC(=O)c3cccc(Cl)c3Cl)CC2)c2cc(Br)ccc12. The molecule has 0 spiro atoms. The minimum Gasteiger partial charge on any atom is -0.354 e. The van der Waals surface area contributed by atoms with Crippen LogP contribution in [0.15, 0.2) is 40.9 Å². The van der Waals surface area contributed by atoms with Gasteiger partial charge in [0.1, 0.15) is 0 Å². The number of nitrogens with zero attached hydrogens (tertiary/aromatic N) is 3. The first-order valence-corrected chi connectivity index (χ1v) is 10.9. The fraction of sp³-hybridized carbons (Fsp3) is 0.286. The molecule has 1 aromatic heterocycles. The van der Waals surface area contributed by atoms with E-state index in [1.165, 1.54) is 0 Å². The number of aryl methyl sites for hydroxylation is 1. The van der Waals surface area contributed by atoms with Crippen molar-refractivity contribution in [3.05, 3.63) is 62.2 Å². The molecule has 1 saturated heterocycles. The second kappa shape index (κ2) is 8.46. The van der Waals surface area contributed by atoms with Gasteiger partial charge < -0.3 is 10.2 Å². The molecule has 5 nitrogen and oxygen atoms in total. The Labute approximate surface area is 187 Å². The lowest BCUT2D eigenvalue weighted by Gasteiger charge is -2.33. The van der Waals surface area contributed by atoms with Gasteiger partial charge in [-0.05, 0) is 44.0 Å². The fourth-order valence-electron chi connectivity index (χ4n) is 3.66. The summed E-state index contributed by atoms with van der Waals surface area (Å²) in [5.74, 6) is 0.690. The number of amides is 1. The summed E-state index contributed by atoms with van der Waals surface area (Å²) in [6, 6.07) is 11.3. The Hall–Kier alpha value is -1.89. The van der Waals surface area contributed by atoms with Gasteiger partial charge in [-0.3, -0.25) is 4.79 Å². The summed E-state index contributed by atoms with van der Waals surface area (Å²) < 4.78 is 1.01. The number of fused-ring (bicyclic) bond motifs is 1. The zero-order valence-corrected chi connectivity index (χ0v) is 18.9. The molecule has 0 bridgehead atoms. The van der Waals surface area contributed by atoms with Crippen LogP contribution in [0.1, 0.15) is 28.9 Å². The Morgan fingerprint density at radius 2 is 1.90 bits per heavy atom. The fourth-order valence-corrected chi connectivity index (χ4v) is 4.41. The number of aromatic nitrogens is 2. The van der Waals surface area contributed by atoms with Gasteiger partial charge in [-0.15, -0.1) is 5.10 Å². The largest absolute Gasteiger partial charge is 0.354 e. The van der Waals surface area contributed by atoms with Crippen LogP contribution in [0, 0.1) is 6.92 Å². The van der Waals surface area contributed by atoms with E-state index in [1.54, 1.807) is 18.2 Å². The van der Waals surface area contributed by atoms with Gasteiger partial charge in [0, 0.05) is 34.4 Å². The molecule has 2 heterocycles. The molecule has 0 radical (unpaired) electrons. The highest BCUT2D eigenvalue weighted by Gasteiger charge is 2.24. The summed E-state index contributed by atoms with van der Waals surface area (Å²) >= 11 is 15.7. The molecule has 2 aromatic carbocycles. The zero-order valence-electron chi connectivity index (χ0n) is 15.8. The van der Waals surface area contributed by atoms with E-state index in [2.05, 4.69) is 48.5 Å². The Balaban J connectivity index is 1.47. The number of anilines is 1. The summed E-state index contributed by atoms with van der Waals surface area (Å²) in [4.78, 5) is 14.8. The Kier molecular flexibility index (Phi) is 5.95. The number of halogens is 3. The van der Waals surface area contributed by atoms with E-state index in [-0.39, 0.29) is 17.0 Å². The van der Waals surface area contributed by atoms with E-state index >= 15 is 0 Å². The van der Waals surface area contributed by atoms with Crippen molar-refractivity contribution in [3.8, 4) is 0 Å². The maximum atomic E-state index is 12.6. The Morgan fingerprint density at radius 1 is 1.14 bits per heavy atom. The van der Waals surface area contributed by atoms with E-state index in [1.807, 2.05) is 13.0 Å². The number of piperidine rings is 1. The predicted octanol–water partition coefficient (Wildman–Crippen LogP) is 5.41. The maximum Gasteiger partial charge on any atom is 0.253 e. The van der Waals surface area contributed by atoms with Crippen LogP contribution in [0.2, 0.25) is 10.0 Å². The van der Waals surface area contributed by atoms with Gasteiger partial charge in [-0.25, -0.2) is 0 Å². The second-order valence-corrected chi connectivity index (χ2v) is 8.84. The molecule has 1 N–H and O–H groups in total. The van der Waals surface area contributed by atoms with Crippen LogP contribution < -0.4 is 10.2 Å². The third-order valence-corrected chi connectivity index (χ3v) is 6.55. The molecule has 1 aliphatic rings. The van der Waals surface area contributed by atoms with Crippen molar-refractivity contribution in [3.63, 3.8) is 0 Å². The molecule has 1 amide bonds. The third-order valence-electron chi connectivity index (χ3n) is 5.23. The van der Waals surface area contributed by atoms with Gasteiger partial charge in [0.05, 0.1) is 21.3 Å². The molecule has 0 unspecified atom stereocenters. The van der Waals surface area contributed by atoms with E-state index in [9.17, 15) is 4.79 Å². The number of hydrogen-bond acceptors (Lipinski definition) is 4. The lowest BCUT2D eigenvalue weighted by atomic mass is 10.0. The van der Waals surface area contributed by atoms with Crippen molar-refractivity contribution < 1.29 is 4.79 Å². The summed E-state index contributed by atoms with van der Waals surface area (Å²) in [6.45, 7) is 3.54. The van der Waals surface area contributed by atoms with Crippen LogP contribution in [0.4, 0.5) is 5.82 Å². The zero-order chi connectivity index (χ0) is 20.5. The molecule has 3 aromatic rings. The van der Waals surface area contributed by atoms with Crippen molar-refractivity contribution >= 4 is 61.6 Å². The Bertz CT molecular complexity index is 1080. The summed E-state index contributed by atoms with van der Waals surface area (Å²) in [5.41, 5.74) is 1.32. The highest BCUT2D eigenvalue weighted by Crippen LogP contribution is 2.30. The molecule has 1 fully saturated rings. The second-order valence-electron chi connectivity index (χ2n) is 7.14. The van der Waals surface area contributed by atoms with Crippen LogP contribution in [0.5, 0.6) is 0 Å². The first kappa shape index (κ1) is 20.4. The smallest absolute Gasteiger partial charge is 0.253 e. The topological polar surface area (TPSA) is 58.1 Å². The van der Waals surface area contributed by atoms with E-state index in [4.69, 9.17) is 23.2 Å². The monoisotopic (exact) mass is 492 g/mol. The van der Waals surface area contributed by atoms with Crippen molar-refractivity contribution in [1.82, 2.24) is 15.5 Å². The average Bonchev–Trinajstić information content (AvgIpc) is 2.71. The average molecular weight is 494 g/mol. The number of hydrogen-bond donors (Lipinski definition) is 1. The molecule has 0 saturated carbocycles. The highest BCUT2D eigenvalue weighted by atomic mass is 79.9. The molecule has 1 aliphatic heterocycles. The van der Waals surface area contributed by atoms with Crippen LogP contribution in [0.25, 0.3) is 10.8 Å². The number of nitrogens with one attached hydrogen (secondary N) is 1. The lowest BCUT2D eigenvalue weighted by Crippen LogP contribution is -2.45. The Morgan fingerprint density at radius 3 is 2.66 bits per heavy atom. The standard InChI is InChI=1S/C21H19BrCl2N4O/c1-12-15-6-5-13(22)11-17(15)20(27-26-12)28-9-7-14(8-10-28)25-21(29)16-3-2-4-18(23)19(16)24/h2-6,11,14H,7-10H2,1H3,(H,25,29). The van der Waals surface area contributed by atoms with E-state index < -0.39 is 0 Å².